The summed E-state index contributed by atoms with van der Waals surface area (Å²) in [6, 6.07) is 3.13. The Labute approximate surface area is 105 Å². The van der Waals surface area contributed by atoms with Crippen molar-refractivity contribution in [1.82, 2.24) is 10.9 Å². The zero-order valence-electron chi connectivity index (χ0n) is 9.56. The molecule has 0 bridgehead atoms. The normalized spacial score (nSPS) is 23.9. The van der Waals surface area contributed by atoms with Crippen LogP contribution in [0.15, 0.2) is 12.1 Å². The zero-order valence-corrected chi connectivity index (χ0v) is 10.3. The number of hydrogen-bond donors (Lipinski definition) is 4. The Bertz CT molecular complexity index is 413. The van der Waals surface area contributed by atoms with E-state index in [1.54, 1.807) is 0 Å². The first-order chi connectivity index (χ1) is 8.08. The lowest BCUT2D eigenvalue weighted by atomic mass is 10.0. The first-order valence-electron chi connectivity index (χ1n) is 5.54. The lowest BCUT2D eigenvalue weighted by molar-refractivity contribution is 0.509. The van der Waals surface area contributed by atoms with Crippen molar-refractivity contribution < 1.29 is 4.39 Å². The predicted molar refractivity (Wildman–Crippen MR) is 68.4 cm³/mol. The fraction of sp³-hybridized carbons (Fsp3) is 0.455. The van der Waals surface area contributed by atoms with Crippen LogP contribution in [0.1, 0.15) is 6.92 Å². The number of benzene rings is 1. The maximum atomic E-state index is 13.3. The Balaban J connectivity index is 2.01. The SMILES string of the molecule is CC1NNCC1CNc1cc(F)c(Cl)cc1N. The van der Waals surface area contributed by atoms with Crippen LogP contribution in [-0.4, -0.2) is 19.1 Å². The van der Waals surface area contributed by atoms with E-state index in [1.807, 2.05) is 0 Å². The van der Waals surface area contributed by atoms with Crippen molar-refractivity contribution >= 4 is 23.0 Å². The molecule has 1 aromatic carbocycles. The highest BCUT2D eigenvalue weighted by atomic mass is 35.5. The lowest BCUT2D eigenvalue weighted by Crippen LogP contribution is -2.30. The molecule has 94 valence electrons. The Morgan fingerprint density at radius 3 is 3.00 bits per heavy atom. The van der Waals surface area contributed by atoms with Gasteiger partial charge in [0, 0.05) is 31.1 Å². The molecule has 1 fully saturated rings. The third-order valence-corrected chi connectivity index (χ3v) is 3.34. The lowest BCUT2D eigenvalue weighted by Gasteiger charge is -2.16. The number of nitrogens with two attached hydrogens (primary N) is 1. The Morgan fingerprint density at radius 1 is 1.59 bits per heavy atom. The summed E-state index contributed by atoms with van der Waals surface area (Å²) < 4.78 is 13.3. The minimum absolute atomic E-state index is 0.0469. The molecule has 2 atom stereocenters. The van der Waals surface area contributed by atoms with E-state index in [0.29, 0.717) is 23.3 Å². The minimum atomic E-state index is -0.459. The molecule has 0 radical (unpaired) electrons. The van der Waals surface area contributed by atoms with Gasteiger partial charge in [0.25, 0.3) is 0 Å². The number of hydrogen-bond acceptors (Lipinski definition) is 4. The molecule has 5 N–H and O–H groups in total. The van der Waals surface area contributed by atoms with Gasteiger partial charge in [0.1, 0.15) is 5.82 Å². The summed E-state index contributed by atoms with van der Waals surface area (Å²) in [5, 5.41) is 3.20. The summed E-state index contributed by atoms with van der Waals surface area (Å²) >= 11 is 5.63. The largest absolute Gasteiger partial charge is 0.397 e. The van der Waals surface area contributed by atoms with E-state index in [1.165, 1.54) is 12.1 Å². The number of hydrazine groups is 1. The van der Waals surface area contributed by atoms with Crippen LogP contribution in [0.5, 0.6) is 0 Å². The van der Waals surface area contributed by atoms with Gasteiger partial charge in [0.15, 0.2) is 0 Å². The standard InChI is InChI=1S/C11H16ClFN4/c1-6-7(5-16-17-6)4-15-11-3-9(13)8(12)2-10(11)14/h2-3,6-7,15-17H,4-5,14H2,1H3. The molecule has 1 saturated heterocycles. The van der Waals surface area contributed by atoms with Crippen LogP contribution >= 0.6 is 11.6 Å². The van der Waals surface area contributed by atoms with E-state index in [2.05, 4.69) is 23.1 Å². The molecule has 1 aliphatic rings. The molecule has 0 saturated carbocycles. The van der Waals surface area contributed by atoms with E-state index < -0.39 is 5.82 Å². The number of nitrogens with one attached hydrogen (secondary N) is 3. The summed E-state index contributed by atoms with van der Waals surface area (Å²) in [5.41, 5.74) is 13.0. The monoisotopic (exact) mass is 258 g/mol. The van der Waals surface area contributed by atoms with Crippen molar-refractivity contribution in [2.24, 2.45) is 5.92 Å². The van der Waals surface area contributed by atoms with Crippen LogP contribution in [0.4, 0.5) is 15.8 Å². The molecule has 17 heavy (non-hydrogen) atoms. The van der Waals surface area contributed by atoms with Gasteiger partial charge in [-0.25, -0.2) is 4.39 Å². The van der Waals surface area contributed by atoms with Gasteiger partial charge >= 0.3 is 0 Å². The van der Waals surface area contributed by atoms with Gasteiger partial charge in [-0.05, 0) is 13.0 Å². The Morgan fingerprint density at radius 2 is 2.35 bits per heavy atom. The van der Waals surface area contributed by atoms with Crippen molar-refractivity contribution in [2.45, 2.75) is 13.0 Å². The van der Waals surface area contributed by atoms with Crippen molar-refractivity contribution in [3.05, 3.63) is 23.0 Å². The van der Waals surface area contributed by atoms with Gasteiger partial charge in [-0.1, -0.05) is 11.6 Å². The summed E-state index contributed by atoms with van der Waals surface area (Å²) in [6.45, 7) is 3.70. The van der Waals surface area contributed by atoms with Crippen molar-refractivity contribution in [2.75, 3.05) is 24.1 Å². The quantitative estimate of drug-likeness (QED) is 0.622. The number of halogens is 2. The average molecular weight is 259 g/mol. The van der Waals surface area contributed by atoms with Crippen molar-refractivity contribution in [3.8, 4) is 0 Å². The molecule has 1 aliphatic heterocycles. The number of nitrogen functional groups attached to an aromatic ring is 1. The Kier molecular flexibility index (Phi) is 3.71. The molecular weight excluding hydrogens is 243 g/mol. The van der Waals surface area contributed by atoms with E-state index in [4.69, 9.17) is 17.3 Å². The van der Waals surface area contributed by atoms with Crippen LogP contribution in [-0.2, 0) is 0 Å². The maximum absolute atomic E-state index is 13.3. The number of anilines is 2. The fourth-order valence-corrected chi connectivity index (χ4v) is 2.02. The summed E-state index contributed by atoms with van der Waals surface area (Å²) in [5.74, 6) is -0.0211. The van der Waals surface area contributed by atoms with Gasteiger partial charge in [-0.2, -0.15) is 0 Å². The Hall–Kier alpha value is -1.04. The van der Waals surface area contributed by atoms with Crippen LogP contribution in [0.3, 0.4) is 0 Å². The molecule has 1 heterocycles. The van der Waals surface area contributed by atoms with E-state index in [-0.39, 0.29) is 5.02 Å². The molecule has 2 rings (SSSR count). The second-order valence-corrected chi connectivity index (χ2v) is 4.72. The molecular formula is C11H16ClFN4. The molecule has 6 heteroatoms. The molecule has 2 unspecified atom stereocenters. The van der Waals surface area contributed by atoms with Gasteiger partial charge in [-0.15, -0.1) is 0 Å². The van der Waals surface area contributed by atoms with Gasteiger partial charge in [0.05, 0.1) is 16.4 Å². The van der Waals surface area contributed by atoms with Crippen LogP contribution in [0, 0.1) is 11.7 Å². The summed E-state index contributed by atoms with van der Waals surface area (Å²) in [4.78, 5) is 0. The first kappa shape index (κ1) is 12.4. The zero-order chi connectivity index (χ0) is 12.4. The topological polar surface area (TPSA) is 62.1 Å². The average Bonchev–Trinajstić information content (AvgIpc) is 2.68. The van der Waals surface area contributed by atoms with E-state index in [9.17, 15) is 4.39 Å². The van der Waals surface area contributed by atoms with Crippen LogP contribution in [0.25, 0.3) is 0 Å². The second kappa shape index (κ2) is 5.08. The second-order valence-electron chi connectivity index (χ2n) is 4.31. The van der Waals surface area contributed by atoms with E-state index in [0.717, 1.165) is 13.1 Å². The van der Waals surface area contributed by atoms with Gasteiger partial charge < -0.3 is 11.1 Å². The first-order valence-corrected chi connectivity index (χ1v) is 5.92. The number of rotatable bonds is 3. The highest BCUT2D eigenvalue weighted by Gasteiger charge is 2.22. The highest BCUT2D eigenvalue weighted by molar-refractivity contribution is 6.31. The highest BCUT2D eigenvalue weighted by Crippen LogP contribution is 2.26. The molecule has 0 aromatic heterocycles. The maximum Gasteiger partial charge on any atom is 0.143 e. The van der Waals surface area contributed by atoms with E-state index >= 15 is 0 Å². The van der Waals surface area contributed by atoms with Crippen LogP contribution < -0.4 is 21.9 Å². The molecule has 1 aromatic rings. The van der Waals surface area contributed by atoms with Gasteiger partial charge in [0.2, 0.25) is 0 Å². The van der Waals surface area contributed by atoms with Crippen molar-refractivity contribution in [1.29, 1.82) is 0 Å². The third-order valence-electron chi connectivity index (χ3n) is 3.05. The van der Waals surface area contributed by atoms with Crippen molar-refractivity contribution in [3.63, 3.8) is 0 Å². The molecule has 0 aliphatic carbocycles. The summed E-state index contributed by atoms with van der Waals surface area (Å²) in [7, 11) is 0. The fourth-order valence-electron chi connectivity index (χ4n) is 1.85. The summed E-state index contributed by atoms with van der Waals surface area (Å²) in [6.07, 6.45) is 0. The third kappa shape index (κ3) is 2.80. The molecule has 4 nitrogen and oxygen atoms in total. The molecule has 0 amide bonds. The smallest absolute Gasteiger partial charge is 0.143 e. The van der Waals surface area contributed by atoms with Gasteiger partial charge in [-0.3, -0.25) is 10.9 Å². The molecule has 0 spiro atoms. The van der Waals surface area contributed by atoms with Crippen LogP contribution in [0.2, 0.25) is 5.02 Å². The predicted octanol–water partition coefficient (Wildman–Crippen LogP) is 1.59. The minimum Gasteiger partial charge on any atom is -0.397 e.